The summed E-state index contributed by atoms with van der Waals surface area (Å²) in [6, 6.07) is 6.87. The molecular formula is C10H7ClN2OS. The van der Waals surface area contributed by atoms with Crippen molar-refractivity contribution in [1.29, 1.82) is 0 Å². The standard InChI is InChI=1S/C10H7ClN2OS/c11-7-4-2-1-3-6(7)9(14)8-5-15-10(12)13-8/h1-5H,(H2,12,13). The van der Waals surface area contributed by atoms with Crippen LogP contribution in [0.2, 0.25) is 5.02 Å². The zero-order valence-electron chi connectivity index (χ0n) is 7.61. The molecule has 2 N–H and O–H groups in total. The highest BCUT2D eigenvalue weighted by molar-refractivity contribution is 7.13. The van der Waals surface area contributed by atoms with Gasteiger partial charge in [-0.05, 0) is 12.1 Å². The van der Waals surface area contributed by atoms with Crippen LogP contribution < -0.4 is 5.73 Å². The van der Waals surface area contributed by atoms with Gasteiger partial charge in [-0.2, -0.15) is 0 Å². The lowest BCUT2D eigenvalue weighted by atomic mass is 10.1. The second kappa shape index (κ2) is 4.00. The quantitative estimate of drug-likeness (QED) is 0.819. The van der Waals surface area contributed by atoms with E-state index >= 15 is 0 Å². The average Bonchev–Trinajstić information content (AvgIpc) is 2.65. The number of carbonyl (C=O) groups is 1. The third-order valence-corrected chi connectivity index (χ3v) is 2.88. The minimum atomic E-state index is -0.200. The van der Waals surface area contributed by atoms with Gasteiger partial charge in [-0.15, -0.1) is 11.3 Å². The second-order valence-corrected chi connectivity index (χ2v) is 4.18. The summed E-state index contributed by atoms with van der Waals surface area (Å²) in [4.78, 5) is 15.8. The summed E-state index contributed by atoms with van der Waals surface area (Å²) in [6.07, 6.45) is 0. The van der Waals surface area contributed by atoms with Crippen LogP contribution in [0, 0.1) is 0 Å². The van der Waals surface area contributed by atoms with E-state index in [0.717, 1.165) is 0 Å². The first-order chi connectivity index (χ1) is 7.18. The fourth-order valence-corrected chi connectivity index (χ4v) is 1.94. The number of rotatable bonds is 2. The number of carbonyl (C=O) groups excluding carboxylic acids is 1. The first-order valence-electron chi connectivity index (χ1n) is 4.18. The number of aromatic nitrogens is 1. The van der Waals surface area contributed by atoms with Crippen LogP contribution in [0.4, 0.5) is 5.13 Å². The summed E-state index contributed by atoms with van der Waals surface area (Å²) in [5, 5.41) is 2.43. The number of nitrogens with zero attached hydrogens (tertiary/aromatic N) is 1. The first-order valence-corrected chi connectivity index (χ1v) is 5.44. The van der Waals surface area contributed by atoms with Gasteiger partial charge in [-0.25, -0.2) is 4.98 Å². The Morgan fingerprint density at radius 2 is 2.13 bits per heavy atom. The number of nitrogen functional groups attached to an aromatic ring is 1. The lowest BCUT2D eigenvalue weighted by Crippen LogP contribution is -2.02. The third-order valence-electron chi connectivity index (χ3n) is 1.87. The molecule has 0 spiro atoms. The molecule has 0 aliphatic heterocycles. The fourth-order valence-electron chi connectivity index (χ4n) is 1.18. The maximum Gasteiger partial charge on any atom is 0.213 e. The summed E-state index contributed by atoms with van der Waals surface area (Å²) in [5.41, 5.74) is 6.24. The lowest BCUT2D eigenvalue weighted by Gasteiger charge is -1.99. The van der Waals surface area contributed by atoms with Gasteiger partial charge >= 0.3 is 0 Å². The minimum absolute atomic E-state index is 0.200. The van der Waals surface area contributed by atoms with Crippen LogP contribution in [0.25, 0.3) is 0 Å². The molecule has 0 unspecified atom stereocenters. The molecule has 2 aromatic rings. The smallest absolute Gasteiger partial charge is 0.213 e. The molecule has 0 atom stereocenters. The molecule has 0 amide bonds. The lowest BCUT2D eigenvalue weighted by molar-refractivity contribution is 0.103. The van der Waals surface area contributed by atoms with Crippen molar-refractivity contribution in [2.24, 2.45) is 0 Å². The Hall–Kier alpha value is -1.39. The van der Waals surface area contributed by atoms with E-state index < -0.39 is 0 Å². The molecule has 0 bridgehead atoms. The molecule has 5 heteroatoms. The van der Waals surface area contributed by atoms with Gasteiger partial charge in [0.25, 0.3) is 0 Å². The van der Waals surface area contributed by atoms with Crippen molar-refractivity contribution in [3.8, 4) is 0 Å². The Kier molecular flexibility index (Phi) is 2.70. The van der Waals surface area contributed by atoms with Crippen molar-refractivity contribution in [2.75, 3.05) is 5.73 Å². The number of nitrogens with two attached hydrogens (primary N) is 1. The Labute approximate surface area is 95.5 Å². The number of benzene rings is 1. The minimum Gasteiger partial charge on any atom is -0.375 e. The normalized spacial score (nSPS) is 10.2. The van der Waals surface area contributed by atoms with Crippen molar-refractivity contribution < 1.29 is 4.79 Å². The molecule has 1 aromatic heterocycles. The molecular weight excluding hydrogens is 232 g/mol. The number of thiazole rings is 1. The molecule has 3 nitrogen and oxygen atoms in total. The van der Waals surface area contributed by atoms with Gasteiger partial charge in [-0.1, -0.05) is 23.7 Å². The maximum atomic E-state index is 11.9. The van der Waals surface area contributed by atoms with Crippen LogP contribution >= 0.6 is 22.9 Å². The Morgan fingerprint density at radius 3 is 2.73 bits per heavy atom. The van der Waals surface area contributed by atoms with E-state index in [0.29, 0.717) is 21.4 Å². The van der Waals surface area contributed by atoms with E-state index in [2.05, 4.69) is 4.98 Å². The number of anilines is 1. The summed E-state index contributed by atoms with van der Waals surface area (Å²) >= 11 is 7.14. The van der Waals surface area contributed by atoms with Crippen LogP contribution in [0.15, 0.2) is 29.6 Å². The van der Waals surface area contributed by atoms with E-state index in [1.165, 1.54) is 11.3 Å². The zero-order chi connectivity index (χ0) is 10.8. The topological polar surface area (TPSA) is 56.0 Å². The molecule has 0 saturated carbocycles. The summed E-state index contributed by atoms with van der Waals surface area (Å²) in [5.74, 6) is -0.200. The molecule has 76 valence electrons. The number of hydrogen-bond acceptors (Lipinski definition) is 4. The van der Waals surface area contributed by atoms with Gasteiger partial charge in [0.1, 0.15) is 5.69 Å². The highest BCUT2D eigenvalue weighted by atomic mass is 35.5. The van der Waals surface area contributed by atoms with Crippen molar-refractivity contribution in [2.45, 2.75) is 0 Å². The molecule has 2 rings (SSSR count). The number of ketones is 1. The van der Waals surface area contributed by atoms with Crippen LogP contribution in [0.5, 0.6) is 0 Å². The molecule has 0 radical (unpaired) electrons. The van der Waals surface area contributed by atoms with Gasteiger partial charge in [0, 0.05) is 10.9 Å². The summed E-state index contributed by atoms with van der Waals surface area (Å²) in [6.45, 7) is 0. The monoisotopic (exact) mass is 238 g/mol. The number of halogens is 1. The zero-order valence-corrected chi connectivity index (χ0v) is 9.18. The van der Waals surface area contributed by atoms with Gasteiger partial charge in [-0.3, -0.25) is 4.79 Å². The molecule has 15 heavy (non-hydrogen) atoms. The predicted octanol–water partition coefficient (Wildman–Crippen LogP) is 2.61. The van der Waals surface area contributed by atoms with Gasteiger partial charge in [0.2, 0.25) is 5.78 Å². The number of hydrogen-bond donors (Lipinski definition) is 1. The van der Waals surface area contributed by atoms with Crippen LogP contribution in [-0.2, 0) is 0 Å². The van der Waals surface area contributed by atoms with Crippen molar-refractivity contribution in [3.63, 3.8) is 0 Å². The predicted molar refractivity (Wildman–Crippen MR) is 61.4 cm³/mol. The van der Waals surface area contributed by atoms with Gasteiger partial charge in [0.15, 0.2) is 5.13 Å². The van der Waals surface area contributed by atoms with E-state index in [9.17, 15) is 4.79 Å². The molecule has 0 aliphatic rings. The third kappa shape index (κ3) is 2.00. The molecule has 1 heterocycles. The second-order valence-electron chi connectivity index (χ2n) is 2.88. The Bertz CT molecular complexity index is 510. The molecule has 0 saturated heterocycles. The summed E-state index contributed by atoms with van der Waals surface area (Å²) in [7, 11) is 0. The highest BCUT2D eigenvalue weighted by Crippen LogP contribution is 2.20. The van der Waals surface area contributed by atoms with Crippen LogP contribution in [0.1, 0.15) is 16.1 Å². The van der Waals surface area contributed by atoms with Crippen LogP contribution in [-0.4, -0.2) is 10.8 Å². The Morgan fingerprint density at radius 1 is 1.40 bits per heavy atom. The van der Waals surface area contributed by atoms with E-state index in [1.54, 1.807) is 29.6 Å². The van der Waals surface area contributed by atoms with Gasteiger partial charge in [0.05, 0.1) is 5.02 Å². The maximum absolute atomic E-state index is 11.9. The Balaban J connectivity index is 2.41. The average molecular weight is 239 g/mol. The SMILES string of the molecule is Nc1nc(C(=O)c2ccccc2Cl)cs1. The van der Waals surface area contributed by atoms with E-state index in [1.807, 2.05) is 0 Å². The molecule has 0 aliphatic carbocycles. The van der Waals surface area contributed by atoms with Crippen molar-refractivity contribution in [3.05, 3.63) is 45.9 Å². The largest absolute Gasteiger partial charge is 0.375 e. The van der Waals surface area contributed by atoms with Crippen LogP contribution in [0.3, 0.4) is 0 Å². The van der Waals surface area contributed by atoms with E-state index in [4.69, 9.17) is 17.3 Å². The first kappa shape index (κ1) is 10.1. The summed E-state index contributed by atoms with van der Waals surface area (Å²) < 4.78 is 0. The molecule has 1 aromatic carbocycles. The fraction of sp³-hybridized carbons (Fsp3) is 0. The van der Waals surface area contributed by atoms with Crippen molar-refractivity contribution in [1.82, 2.24) is 4.98 Å². The van der Waals surface area contributed by atoms with Crippen molar-refractivity contribution >= 4 is 33.9 Å². The highest BCUT2D eigenvalue weighted by Gasteiger charge is 2.14. The van der Waals surface area contributed by atoms with E-state index in [-0.39, 0.29) is 5.78 Å². The molecule has 0 fully saturated rings. The van der Waals surface area contributed by atoms with Gasteiger partial charge < -0.3 is 5.73 Å².